The molecule has 0 saturated carbocycles. The lowest BCUT2D eigenvalue weighted by Gasteiger charge is -2.03. The number of hydrogen-bond donors (Lipinski definition) is 1. The molecule has 2 rings (SSSR count). The highest BCUT2D eigenvalue weighted by molar-refractivity contribution is 6.29. The molecule has 1 heterocycles. The Labute approximate surface area is 86.6 Å². The van der Waals surface area contributed by atoms with Crippen LogP contribution in [0.1, 0.15) is 0 Å². The molecule has 0 fully saturated rings. The summed E-state index contributed by atoms with van der Waals surface area (Å²) in [5.74, 6) is 0.351. The second kappa shape index (κ2) is 3.64. The molecular formula is C10H8ClN3. The van der Waals surface area contributed by atoms with Crippen LogP contribution in [0.4, 0.5) is 5.82 Å². The van der Waals surface area contributed by atoms with Crippen molar-refractivity contribution >= 4 is 17.4 Å². The van der Waals surface area contributed by atoms with Crippen LogP contribution < -0.4 is 5.73 Å². The van der Waals surface area contributed by atoms with Gasteiger partial charge in [0.1, 0.15) is 10.8 Å². The third kappa shape index (κ3) is 1.67. The number of rotatable bonds is 1. The van der Waals surface area contributed by atoms with Gasteiger partial charge in [-0.2, -0.15) is 0 Å². The topological polar surface area (TPSA) is 51.8 Å². The summed E-state index contributed by atoms with van der Waals surface area (Å²) < 4.78 is 0. The molecule has 70 valence electrons. The number of nitrogens with zero attached hydrogens (tertiary/aromatic N) is 2. The maximum absolute atomic E-state index is 5.70. The average molecular weight is 206 g/mol. The van der Waals surface area contributed by atoms with E-state index in [0.717, 1.165) is 5.56 Å². The van der Waals surface area contributed by atoms with E-state index < -0.39 is 0 Å². The Morgan fingerprint density at radius 3 is 2.50 bits per heavy atom. The lowest BCUT2D eigenvalue weighted by atomic mass is 10.1. The van der Waals surface area contributed by atoms with E-state index in [1.54, 1.807) is 0 Å². The molecule has 1 aromatic carbocycles. The summed E-state index contributed by atoms with van der Waals surface area (Å²) in [5, 5.41) is 0.308. The van der Waals surface area contributed by atoms with Gasteiger partial charge in [-0.1, -0.05) is 41.9 Å². The number of aromatic nitrogens is 2. The van der Waals surface area contributed by atoms with Gasteiger partial charge in [-0.25, -0.2) is 9.97 Å². The fraction of sp³-hybridized carbons (Fsp3) is 0. The van der Waals surface area contributed by atoms with Gasteiger partial charge < -0.3 is 5.73 Å². The van der Waals surface area contributed by atoms with Crippen molar-refractivity contribution in [2.75, 3.05) is 5.73 Å². The van der Waals surface area contributed by atoms with Crippen molar-refractivity contribution in [3.05, 3.63) is 41.7 Å². The minimum atomic E-state index is 0.308. The Morgan fingerprint density at radius 2 is 1.86 bits per heavy atom. The van der Waals surface area contributed by atoms with Crippen molar-refractivity contribution in [1.82, 2.24) is 9.97 Å². The van der Waals surface area contributed by atoms with Gasteiger partial charge in [0.2, 0.25) is 0 Å². The molecule has 3 nitrogen and oxygen atoms in total. The van der Waals surface area contributed by atoms with Crippen LogP contribution in [-0.2, 0) is 0 Å². The molecule has 0 saturated heterocycles. The summed E-state index contributed by atoms with van der Waals surface area (Å²) in [6, 6.07) is 9.63. The van der Waals surface area contributed by atoms with E-state index in [1.807, 2.05) is 30.3 Å². The number of hydrogen-bond acceptors (Lipinski definition) is 3. The molecule has 2 N–H and O–H groups in total. The molecule has 14 heavy (non-hydrogen) atoms. The first-order valence-corrected chi connectivity index (χ1v) is 4.48. The number of anilines is 1. The number of nitrogen functional groups attached to an aromatic ring is 1. The Bertz CT molecular complexity index is 442. The predicted molar refractivity (Wildman–Crippen MR) is 56.9 cm³/mol. The SMILES string of the molecule is Nc1nc(Cl)cnc1-c1ccccc1. The van der Waals surface area contributed by atoms with E-state index in [2.05, 4.69) is 9.97 Å². The molecule has 0 amide bonds. The molecular weight excluding hydrogens is 198 g/mol. The van der Waals surface area contributed by atoms with Gasteiger partial charge in [0.15, 0.2) is 5.82 Å². The Kier molecular flexibility index (Phi) is 2.33. The monoisotopic (exact) mass is 205 g/mol. The lowest BCUT2D eigenvalue weighted by molar-refractivity contribution is 1.22. The normalized spacial score (nSPS) is 10.1. The maximum Gasteiger partial charge on any atom is 0.151 e. The molecule has 0 atom stereocenters. The molecule has 0 bridgehead atoms. The first kappa shape index (κ1) is 8.97. The molecule has 4 heteroatoms. The van der Waals surface area contributed by atoms with E-state index in [1.165, 1.54) is 6.20 Å². The van der Waals surface area contributed by atoms with Gasteiger partial charge in [0.05, 0.1) is 6.20 Å². The van der Waals surface area contributed by atoms with Crippen LogP contribution in [-0.4, -0.2) is 9.97 Å². The number of nitrogens with two attached hydrogens (primary N) is 1. The zero-order chi connectivity index (χ0) is 9.97. The predicted octanol–water partition coefficient (Wildman–Crippen LogP) is 2.38. The van der Waals surface area contributed by atoms with Crippen molar-refractivity contribution in [3.63, 3.8) is 0 Å². The summed E-state index contributed by atoms with van der Waals surface area (Å²) in [6.45, 7) is 0. The van der Waals surface area contributed by atoms with Gasteiger partial charge in [0.25, 0.3) is 0 Å². The molecule has 0 aliphatic rings. The minimum Gasteiger partial charge on any atom is -0.382 e. The first-order chi connectivity index (χ1) is 6.77. The first-order valence-electron chi connectivity index (χ1n) is 4.11. The van der Waals surface area contributed by atoms with Gasteiger partial charge in [-0.15, -0.1) is 0 Å². The average Bonchev–Trinajstić information content (AvgIpc) is 2.19. The maximum atomic E-state index is 5.70. The second-order valence-electron chi connectivity index (χ2n) is 2.79. The fourth-order valence-corrected chi connectivity index (χ4v) is 1.34. The third-order valence-corrected chi connectivity index (χ3v) is 2.00. The molecule has 0 spiro atoms. The Balaban J connectivity index is 2.53. The van der Waals surface area contributed by atoms with Crippen molar-refractivity contribution in [3.8, 4) is 11.3 Å². The summed E-state index contributed by atoms with van der Waals surface area (Å²) in [6.07, 6.45) is 1.49. The lowest BCUT2D eigenvalue weighted by Crippen LogP contribution is -1.96. The van der Waals surface area contributed by atoms with Crippen LogP contribution in [0, 0.1) is 0 Å². The molecule has 1 aromatic heterocycles. The summed E-state index contributed by atoms with van der Waals surface area (Å²) in [7, 11) is 0. The van der Waals surface area contributed by atoms with Crippen LogP contribution in [0.2, 0.25) is 5.15 Å². The highest BCUT2D eigenvalue weighted by atomic mass is 35.5. The van der Waals surface area contributed by atoms with E-state index in [0.29, 0.717) is 16.7 Å². The minimum absolute atomic E-state index is 0.308. The zero-order valence-electron chi connectivity index (χ0n) is 7.31. The van der Waals surface area contributed by atoms with Gasteiger partial charge in [-0.3, -0.25) is 0 Å². The number of halogens is 1. The highest BCUT2D eigenvalue weighted by Gasteiger charge is 2.04. The molecule has 0 radical (unpaired) electrons. The van der Waals surface area contributed by atoms with Crippen LogP contribution >= 0.6 is 11.6 Å². The van der Waals surface area contributed by atoms with Crippen molar-refractivity contribution < 1.29 is 0 Å². The summed E-state index contributed by atoms with van der Waals surface area (Å²) >= 11 is 5.65. The molecule has 0 unspecified atom stereocenters. The van der Waals surface area contributed by atoms with Crippen LogP contribution in [0.15, 0.2) is 36.5 Å². The largest absolute Gasteiger partial charge is 0.382 e. The van der Waals surface area contributed by atoms with Crippen molar-refractivity contribution in [1.29, 1.82) is 0 Å². The highest BCUT2D eigenvalue weighted by Crippen LogP contribution is 2.22. The summed E-state index contributed by atoms with van der Waals surface area (Å²) in [5.41, 5.74) is 7.30. The molecule has 2 aromatic rings. The quantitative estimate of drug-likeness (QED) is 0.778. The second-order valence-corrected chi connectivity index (χ2v) is 3.18. The van der Waals surface area contributed by atoms with E-state index in [4.69, 9.17) is 17.3 Å². The van der Waals surface area contributed by atoms with E-state index in [-0.39, 0.29) is 0 Å². The van der Waals surface area contributed by atoms with Gasteiger partial charge in [-0.05, 0) is 0 Å². The van der Waals surface area contributed by atoms with Crippen LogP contribution in [0.5, 0.6) is 0 Å². The molecule has 0 aliphatic carbocycles. The standard InChI is InChI=1S/C10H8ClN3/c11-8-6-13-9(10(12)14-8)7-4-2-1-3-5-7/h1-6H,(H2,12,14). The third-order valence-electron chi connectivity index (χ3n) is 1.82. The Hall–Kier alpha value is -1.61. The smallest absolute Gasteiger partial charge is 0.151 e. The van der Waals surface area contributed by atoms with Crippen LogP contribution in [0.25, 0.3) is 11.3 Å². The van der Waals surface area contributed by atoms with E-state index >= 15 is 0 Å². The molecule has 0 aliphatic heterocycles. The zero-order valence-corrected chi connectivity index (χ0v) is 8.07. The fourth-order valence-electron chi connectivity index (χ4n) is 1.20. The van der Waals surface area contributed by atoms with Crippen LogP contribution in [0.3, 0.4) is 0 Å². The van der Waals surface area contributed by atoms with Crippen molar-refractivity contribution in [2.45, 2.75) is 0 Å². The van der Waals surface area contributed by atoms with Gasteiger partial charge >= 0.3 is 0 Å². The number of benzene rings is 1. The van der Waals surface area contributed by atoms with Crippen molar-refractivity contribution in [2.24, 2.45) is 0 Å². The Morgan fingerprint density at radius 1 is 1.14 bits per heavy atom. The van der Waals surface area contributed by atoms with E-state index in [9.17, 15) is 0 Å². The summed E-state index contributed by atoms with van der Waals surface area (Å²) in [4.78, 5) is 8.06. The van der Waals surface area contributed by atoms with Gasteiger partial charge in [0, 0.05) is 5.56 Å².